The normalized spacial score (nSPS) is 15.6. The van der Waals surface area contributed by atoms with Gasteiger partial charge in [0.15, 0.2) is 0 Å². The van der Waals surface area contributed by atoms with Crippen LogP contribution in [-0.2, 0) is 34.2 Å². The summed E-state index contributed by atoms with van der Waals surface area (Å²) in [6, 6.07) is 8.23. The number of aromatic nitrogens is 2. The van der Waals surface area contributed by atoms with Crippen molar-refractivity contribution >= 4 is 11.9 Å². The van der Waals surface area contributed by atoms with Gasteiger partial charge in [-0.3, -0.25) is 9.48 Å². The molecule has 7 nitrogen and oxygen atoms in total. The number of rotatable bonds is 6. The van der Waals surface area contributed by atoms with Gasteiger partial charge in [0.05, 0.1) is 24.5 Å². The first-order chi connectivity index (χ1) is 15.1. The molecule has 3 rings (SSSR count). The molecule has 1 unspecified atom stereocenters. The Morgan fingerprint density at radius 1 is 1.28 bits per heavy atom. The number of nitrogens with zero attached hydrogens (tertiary/aromatic N) is 3. The van der Waals surface area contributed by atoms with Gasteiger partial charge >= 0.3 is 12.1 Å². The molecule has 0 bridgehead atoms. The number of carbonyl (C=O) groups excluding carboxylic acids is 1. The summed E-state index contributed by atoms with van der Waals surface area (Å²) in [5.41, 5.74) is 4.84. The van der Waals surface area contributed by atoms with Gasteiger partial charge in [-0.25, -0.2) is 4.79 Å². The number of halogens is 3. The zero-order chi connectivity index (χ0) is 23.9. The first-order valence-corrected chi connectivity index (χ1v) is 10.3. The summed E-state index contributed by atoms with van der Waals surface area (Å²) in [6.45, 7) is 5.99. The van der Waals surface area contributed by atoms with Crippen LogP contribution >= 0.6 is 0 Å². The van der Waals surface area contributed by atoms with Crippen LogP contribution in [0.5, 0.6) is 0 Å². The molecule has 1 aromatic heterocycles. The molecule has 10 heteroatoms. The van der Waals surface area contributed by atoms with Gasteiger partial charge in [-0.15, -0.1) is 0 Å². The number of aryl methyl sites for hydroxylation is 3. The average Bonchev–Trinajstić information content (AvgIpc) is 3.12. The highest BCUT2D eigenvalue weighted by atomic mass is 19.4. The van der Waals surface area contributed by atoms with Gasteiger partial charge in [0, 0.05) is 26.6 Å². The van der Waals surface area contributed by atoms with Crippen molar-refractivity contribution in [2.75, 3.05) is 19.8 Å². The number of carbonyl (C=O) groups is 2. The lowest BCUT2D eigenvalue weighted by atomic mass is 9.98. The summed E-state index contributed by atoms with van der Waals surface area (Å²) in [5.74, 6) is -2.56. The molecule has 1 N–H and O–H groups in total. The molecule has 0 fully saturated rings. The maximum atomic E-state index is 12.9. The number of carboxylic acid groups (broad SMARTS) is 1. The number of aliphatic carboxylic acids is 1. The average molecular weight is 455 g/mol. The maximum absolute atomic E-state index is 12.9. The van der Waals surface area contributed by atoms with Gasteiger partial charge in [0.2, 0.25) is 5.91 Å². The number of ether oxygens (including phenoxy) is 1. The summed E-state index contributed by atoms with van der Waals surface area (Å²) in [7, 11) is 1.94. The van der Waals surface area contributed by atoms with E-state index < -0.39 is 12.1 Å². The smallest absolute Gasteiger partial charge is 0.475 e. The Kier molecular flexibility index (Phi) is 8.82. The monoisotopic (exact) mass is 455 g/mol. The van der Waals surface area contributed by atoms with Gasteiger partial charge in [0.1, 0.15) is 0 Å². The summed E-state index contributed by atoms with van der Waals surface area (Å²) < 4.78 is 39.3. The quantitative estimate of drug-likeness (QED) is 0.721. The molecule has 1 amide bonds. The number of hydrogen-bond donors (Lipinski definition) is 1. The van der Waals surface area contributed by atoms with Gasteiger partial charge < -0.3 is 14.7 Å². The minimum atomic E-state index is -5.08. The highest BCUT2D eigenvalue weighted by Crippen LogP contribution is 2.30. The number of amides is 1. The minimum Gasteiger partial charge on any atom is -0.475 e. The van der Waals surface area contributed by atoms with Gasteiger partial charge in [-0.2, -0.15) is 18.3 Å². The molecule has 0 saturated carbocycles. The van der Waals surface area contributed by atoms with Crippen molar-refractivity contribution < 1.29 is 32.6 Å². The fraction of sp³-hybridized carbons (Fsp3) is 0.500. The molecule has 0 aliphatic carbocycles. The number of alkyl halides is 3. The van der Waals surface area contributed by atoms with Crippen LogP contribution in [0.2, 0.25) is 0 Å². The number of carboxylic acids is 1. The van der Waals surface area contributed by atoms with Crippen molar-refractivity contribution in [2.24, 2.45) is 7.05 Å². The summed E-state index contributed by atoms with van der Waals surface area (Å²) in [6.07, 6.45) is -0.992. The molecule has 1 aliphatic rings. The molecule has 32 heavy (non-hydrogen) atoms. The fourth-order valence-electron chi connectivity index (χ4n) is 3.63. The van der Waals surface area contributed by atoms with E-state index in [-0.39, 0.29) is 11.9 Å². The van der Waals surface area contributed by atoms with Crippen molar-refractivity contribution in [1.29, 1.82) is 0 Å². The maximum Gasteiger partial charge on any atom is 0.490 e. The molecular weight excluding hydrogens is 427 g/mol. The van der Waals surface area contributed by atoms with Crippen LogP contribution in [0.15, 0.2) is 30.5 Å². The summed E-state index contributed by atoms with van der Waals surface area (Å²) in [5, 5.41) is 11.5. The second-order valence-electron chi connectivity index (χ2n) is 7.42. The van der Waals surface area contributed by atoms with Gasteiger partial charge in [-0.1, -0.05) is 24.3 Å². The van der Waals surface area contributed by atoms with E-state index in [2.05, 4.69) is 24.2 Å². The molecule has 0 radical (unpaired) electrons. The van der Waals surface area contributed by atoms with E-state index in [9.17, 15) is 18.0 Å². The Hall–Kier alpha value is -2.88. The number of benzene rings is 1. The van der Waals surface area contributed by atoms with Crippen LogP contribution < -0.4 is 0 Å². The third-order valence-electron chi connectivity index (χ3n) is 5.29. The minimum absolute atomic E-state index is 0.0411. The van der Waals surface area contributed by atoms with Crippen LogP contribution in [-0.4, -0.2) is 57.6 Å². The van der Waals surface area contributed by atoms with Crippen molar-refractivity contribution in [2.45, 2.75) is 45.3 Å². The Morgan fingerprint density at radius 3 is 2.53 bits per heavy atom. The fourth-order valence-corrected chi connectivity index (χ4v) is 3.63. The van der Waals surface area contributed by atoms with E-state index in [4.69, 9.17) is 14.6 Å². The molecule has 1 aromatic carbocycles. The Labute approximate surface area is 184 Å². The standard InChI is InChI=1S/C20H27N3O2.C2HF3O2/c1-4-25-14-18-20-17(13-21-22(20)3)11-12-23(18)19(24)10-9-16-8-6-5-7-15(16)2;3-2(4,5)1(6)7/h5-8,13,18H,4,9-12,14H2,1-3H3;(H,6,7). The third-order valence-corrected chi connectivity index (χ3v) is 5.29. The number of hydrogen-bond acceptors (Lipinski definition) is 4. The predicted molar refractivity (Wildman–Crippen MR) is 111 cm³/mol. The van der Waals surface area contributed by atoms with Gasteiger partial charge in [-0.05, 0) is 43.4 Å². The van der Waals surface area contributed by atoms with E-state index in [0.29, 0.717) is 19.6 Å². The van der Waals surface area contributed by atoms with Crippen LogP contribution in [0.3, 0.4) is 0 Å². The Morgan fingerprint density at radius 2 is 1.94 bits per heavy atom. The molecule has 2 aromatic rings. The largest absolute Gasteiger partial charge is 0.490 e. The van der Waals surface area contributed by atoms with E-state index in [1.807, 2.05) is 41.9 Å². The SMILES string of the molecule is CCOCC1c2c(cnn2C)CCN1C(=O)CCc1ccccc1C.O=C(O)C(F)(F)F. The lowest BCUT2D eigenvalue weighted by molar-refractivity contribution is -0.192. The van der Waals surface area contributed by atoms with E-state index in [1.54, 1.807) is 0 Å². The van der Waals surface area contributed by atoms with Crippen LogP contribution in [0, 0.1) is 6.92 Å². The molecular formula is C22H28F3N3O4. The second kappa shape index (κ2) is 11.1. The Bertz CT molecular complexity index is 927. The van der Waals surface area contributed by atoms with E-state index in [0.717, 1.165) is 25.1 Å². The topological polar surface area (TPSA) is 84.7 Å². The first-order valence-electron chi connectivity index (χ1n) is 10.3. The Balaban J connectivity index is 0.000000451. The van der Waals surface area contributed by atoms with Crippen LogP contribution in [0.25, 0.3) is 0 Å². The van der Waals surface area contributed by atoms with Crippen molar-refractivity contribution in [3.05, 3.63) is 52.8 Å². The second-order valence-corrected chi connectivity index (χ2v) is 7.42. The van der Waals surface area contributed by atoms with Gasteiger partial charge in [0.25, 0.3) is 0 Å². The van der Waals surface area contributed by atoms with Crippen molar-refractivity contribution in [3.63, 3.8) is 0 Å². The zero-order valence-electron chi connectivity index (χ0n) is 18.4. The zero-order valence-corrected chi connectivity index (χ0v) is 18.4. The highest BCUT2D eigenvalue weighted by Gasteiger charge is 2.38. The third kappa shape index (κ3) is 6.56. The van der Waals surface area contributed by atoms with Crippen LogP contribution in [0.1, 0.15) is 41.8 Å². The van der Waals surface area contributed by atoms with Crippen LogP contribution in [0.4, 0.5) is 13.2 Å². The summed E-state index contributed by atoms with van der Waals surface area (Å²) in [4.78, 5) is 23.8. The molecule has 2 heterocycles. The molecule has 1 aliphatic heterocycles. The van der Waals surface area contributed by atoms with E-state index in [1.165, 1.54) is 16.7 Å². The number of fused-ring (bicyclic) bond motifs is 1. The van der Waals surface area contributed by atoms with E-state index >= 15 is 0 Å². The van der Waals surface area contributed by atoms with Crippen molar-refractivity contribution in [3.8, 4) is 0 Å². The predicted octanol–water partition coefficient (Wildman–Crippen LogP) is 3.46. The molecule has 1 atom stereocenters. The molecule has 176 valence electrons. The molecule has 0 spiro atoms. The lowest BCUT2D eigenvalue weighted by Crippen LogP contribution is -2.42. The van der Waals surface area contributed by atoms with Crippen molar-refractivity contribution in [1.82, 2.24) is 14.7 Å². The summed E-state index contributed by atoms with van der Waals surface area (Å²) >= 11 is 0. The first kappa shape index (κ1) is 25.4. The highest BCUT2D eigenvalue weighted by molar-refractivity contribution is 5.77. The molecule has 0 saturated heterocycles. The lowest BCUT2D eigenvalue weighted by Gasteiger charge is -2.36.